The van der Waals surface area contributed by atoms with Crippen molar-refractivity contribution in [1.82, 2.24) is 4.90 Å². The predicted molar refractivity (Wildman–Crippen MR) is 97.6 cm³/mol. The van der Waals surface area contributed by atoms with Gasteiger partial charge in [-0.2, -0.15) is 0 Å². The van der Waals surface area contributed by atoms with Crippen LogP contribution >= 0.6 is 0 Å². The monoisotopic (exact) mass is 358 g/mol. The van der Waals surface area contributed by atoms with E-state index in [1.165, 1.54) is 12.1 Å². The van der Waals surface area contributed by atoms with Gasteiger partial charge >= 0.3 is 6.03 Å². The number of benzene rings is 2. The van der Waals surface area contributed by atoms with E-state index in [0.717, 1.165) is 18.4 Å². The highest BCUT2D eigenvalue weighted by Crippen LogP contribution is 2.21. The van der Waals surface area contributed by atoms with Crippen molar-refractivity contribution < 1.29 is 19.0 Å². The molecule has 26 heavy (non-hydrogen) atoms. The van der Waals surface area contributed by atoms with Gasteiger partial charge in [0.05, 0.1) is 0 Å². The molecule has 0 unspecified atom stereocenters. The Balaban J connectivity index is 1.54. The SMILES string of the molecule is O=C(Nc1cccc(OCc2cccc(F)c2)c1)N1CCC(CO)CC1. The minimum Gasteiger partial charge on any atom is -0.489 e. The third-order valence-electron chi connectivity index (χ3n) is 4.54. The van der Waals surface area contributed by atoms with E-state index in [0.29, 0.717) is 30.4 Å². The zero-order valence-corrected chi connectivity index (χ0v) is 14.5. The number of hydrogen-bond acceptors (Lipinski definition) is 3. The molecular weight excluding hydrogens is 335 g/mol. The number of hydrogen-bond donors (Lipinski definition) is 2. The number of likely N-dealkylation sites (tertiary alicyclic amines) is 1. The van der Waals surface area contributed by atoms with Crippen LogP contribution in [0.25, 0.3) is 0 Å². The second-order valence-electron chi connectivity index (χ2n) is 6.49. The lowest BCUT2D eigenvalue weighted by Gasteiger charge is -2.31. The van der Waals surface area contributed by atoms with Crippen LogP contribution < -0.4 is 10.1 Å². The number of aliphatic hydroxyl groups excluding tert-OH is 1. The predicted octanol–water partition coefficient (Wildman–Crippen LogP) is 3.64. The van der Waals surface area contributed by atoms with Crippen LogP contribution in [-0.2, 0) is 6.61 Å². The lowest BCUT2D eigenvalue weighted by Crippen LogP contribution is -2.41. The van der Waals surface area contributed by atoms with Gasteiger partial charge in [0.25, 0.3) is 0 Å². The van der Waals surface area contributed by atoms with Gasteiger partial charge in [-0.25, -0.2) is 9.18 Å². The van der Waals surface area contributed by atoms with E-state index in [1.54, 1.807) is 41.3 Å². The number of aliphatic hydroxyl groups is 1. The number of anilines is 1. The van der Waals surface area contributed by atoms with Gasteiger partial charge in [-0.1, -0.05) is 18.2 Å². The summed E-state index contributed by atoms with van der Waals surface area (Å²) in [6, 6.07) is 13.3. The molecule has 1 saturated heterocycles. The highest BCUT2D eigenvalue weighted by Gasteiger charge is 2.22. The molecule has 138 valence electrons. The van der Waals surface area contributed by atoms with Crippen molar-refractivity contribution in [1.29, 1.82) is 0 Å². The molecule has 1 fully saturated rings. The molecule has 0 bridgehead atoms. The molecule has 2 aromatic carbocycles. The van der Waals surface area contributed by atoms with Crippen molar-refractivity contribution in [3.63, 3.8) is 0 Å². The number of piperidine rings is 1. The van der Waals surface area contributed by atoms with Gasteiger partial charge < -0.3 is 20.1 Å². The Morgan fingerprint density at radius 2 is 1.96 bits per heavy atom. The van der Waals surface area contributed by atoms with E-state index >= 15 is 0 Å². The topological polar surface area (TPSA) is 61.8 Å². The normalized spacial score (nSPS) is 14.9. The molecule has 1 aliphatic rings. The molecule has 2 amide bonds. The summed E-state index contributed by atoms with van der Waals surface area (Å²) in [5.74, 6) is 0.599. The standard InChI is InChI=1S/C20H23FN2O3/c21-17-4-1-3-16(11-17)14-26-19-6-2-5-18(12-19)22-20(25)23-9-7-15(13-24)8-10-23/h1-6,11-12,15,24H,7-10,13-14H2,(H,22,25). The van der Waals surface area contributed by atoms with Crippen LogP contribution in [0.2, 0.25) is 0 Å². The summed E-state index contributed by atoms with van der Waals surface area (Å²) in [4.78, 5) is 14.1. The van der Waals surface area contributed by atoms with Crippen molar-refractivity contribution in [2.24, 2.45) is 5.92 Å². The first-order valence-electron chi connectivity index (χ1n) is 8.78. The number of carbonyl (C=O) groups excluding carboxylic acids is 1. The van der Waals surface area contributed by atoms with Gasteiger partial charge in [-0.15, -0.1) is 0 Å². The van der Waals surface area contributed by atoms with E-state index < -0.39 is 0 Å². The Labute approximate surface area is 152 Å². The van der Waals surface area contributed by atoms with Gasteiger partial charge in [-0.05, 0) is 48.6 Å². The highest BCUT2D eigenvalue weighted by molar-refractivity contribution is 5.89. The number of urea groups is 1. The molecule has 0 aliphatic carbocycles. The van der Waals surface area contributed by atoms with Crippen molar-refractivity contribution in [3.05, 3.63) is 59.9 Å². The Bertz CT molecular complexity index is 745. The summed E-state index contributed by atoms with van der Waals surface area (Å²) in [6.07, 6.45) is 1.64. The Kier molecular flexibility index (Phi) is 6.07. The number of carbonyl (C=O) groups is 1. The fourth-order valence-electron chi connectivity index (χ4n) is 2.98. The van der Waals surface area contributed by atoms with E-state index in [-0.39, 0.29) is 25.1 Å². The summed E-state index contributed by atoms with van der Waals surface area (Å²) in [5, 5.41) is 12.1. The number of rotatable bonds is 5. The first kappa shape index (κ1) is 18.2. The van der Waals surface area contributed by atoms with Gasteiger partial charge in [0.2, 0.25) is 0 Å². The van der Waals surface area contributed by atoms with E-state index in [2.05, 4.69) is 5.32 Å². The second kappa shape index (κ2) is 8.67. The van der Waals surface area contributed by atoms with Crippen LogP contribution in [0, 0.1) is 11.7 Å². The number of amides is 2. The second-order valence-corrected chi connectivity index (χ2v) is 6.49. The number of ether oxygens (including phenoxy) is 1. The minimum absolute atomic E-state index is 0.149. The maximum atomic E-state index is 13.2. The lowest BCUT2D eigenvalue weighted by atomic mass is 9.98. The molecule has 6 heteroatoms. The number of nitrogens with zero attached hydrogens (tertiary/aromatic N) is 1. The van der Waals surface area contributed by atoms with Crippen LogP contribution in [0.5, 0.6) is 5.75 Å². The highest BCUT2D eigenvalue weighted by atomic mass is 19.1. The molecule has 2 N–H and O–H groups in total. The van der Waals surface area contributed by atoms with Gasteiger partial charge in [-0.3, -0.25) is 0 Å². The molecular formula is C20H23FN2O3. The average Bonchev–Trinajstić information content (AvgIpc) is 2.67. The molecule has 0 radical (unpaired) electrons. The van der Waals surface area contributed by atoms with Crippen molar-refractivity contribution >= 4 is 11.7 Å². The van der Waals surface area contributed by atoms with E-state index in [4.69, 9.17) is 4.74 Å². The maximum absolute atomic E-state index is 13.2. The summed E-state index contributed by atoms with van der Waals surface area (Å²) in [6.45, 7) is 1.73. The maximum Gasteiger partial charge on any atom is 0.321 e. The smallest absolute Gasteiger partial charge is 0.321 e. The molecule has 5 nitrogen and oxygen atoms in total. The van der Waals surface area contributed by atoms with Gasteiger partial charge in [0.15, 0.2) is 0 Å². The summed E-state index contributed by atoms with van der Waals surface area (Å²) in [5.41, 5.74) is 1.39. The van der Waals surface area contributed by atoms with Crippen LogP contribution in [0.1, 0.15) is 18.4 Å². The fourth-order valence-corrected chi connectivity index (χ4v) is 2.98. The fraction of sp³-hybridized carbons (Fsp3) is 0.350. The van der Waals surface area contributed by atoms with Gasteiger partial charge in [0.1, 0.15) is 18.2 Å². The molecule has 3 rings (SSSR count). The van der Waals surface area contributed by atoms with Crippen molar-refractivity contribution in [2.75, 3.05) is 25.0 Å². The Hall–Kier alpha value is -2.60. The summed E-state index contributed by atoms with van der Waals surface area (Å²) in [7, 11) is 0. The molecule has 2 aromatic rings. The molecule has 1 aliphatic heterocycles. The number of nitrogens with one attached hydrogen (secondary N) is 1. The van der Waals surface area contributed by atoms with Crippen LogP contribution in [0.4, 0.5) is 14.9 Å². The van der Waals surface area contributed by atoms with E-state index in [9.17, 15) is 14.3 Å². The zero-order chi connectivity index (χ0) is 18.4. The zero-order valence-electron chi connectivity index (χ0n) is 14.5. The Morgan fingerprint density at radius 3 is 2.69 bits per heavy atom. The van der Waals surface area contributed by atoms with Crippen LogP contribution in [0.3, 0.4) is 0 Å². The third kappa shape index (κ3) is 4.95. The third-order valence-corrected chi connectivity index (χ3v) is 4.54. The van der Waals surface area contributed by atoms with E-state index in [1.807, 2.05) is 0 Å². The first-order chi connectivity index (χ1) is 12.6. The molecule has 1 heterocycles. The lowest BCUT2D eigenvalue weighted by molar-refractivity contribution is 0.143. The average molecular weight is 358 g/mol. The van der Waals surface area contributed by atoms with Crippen molar-refractivity contribution in [2.45, 2.75) is 19.4 Å². The van der Waals surface area contributed by atoms with Crippen LogP contribution in [-0.4, -0.2) is 35.7 Å². The number of halogens is 1. The van der Waals surface area contributed by atoms with Gasteiger partial charge in [0, 0.05) is 31.5 Å². The largest absolute Gasteiger partial charge is 0.489 e. The van der Waals surface area contributed by atoms with Crippen molar-refractivity contribution in [3.8, 4) is 5.75 Å². The van der Waals surface area contributed by atoms with Crippen LogP contribution in [0.15, 0.2) is 48.5 Å². The summed E-state index contributed by atoms with van der Waals surface area (Å²) < 4.78 is 18.9. The summed E-state index contributed by atoms with van der Waals surface area (Å²) >= 11 is 0. The quantitative estimate of drug-likeness (QED) is 0.858. The molecule has 0 aromatic heterocycles. The minimum atomic E-state index is -0.294. The molecule has 0 spiro atoms. The first-order valence-corrected chi connectivity index (χ1v) is 8.78. The molecule has 0 atom stereocenters. The molecule has 0 saturated carbocycles. The Morgan fingerprint density at radius 1 is 1.19 bits per heavy atom.